The highest BCUT2D eigenvalue weighted by Gasteiger charge is 2.27. The molecule has 0 radical (unpaired) electrons. The van der Waals surface area contributed by atoms with E-state index in [1.165, 1.54) is 0 Å². The zero-order chi connectivity index (χ0) is 7.56. The molecule has 10 heavy (non-hydrogen) atoms. The third-order valence-corrected chi connectivity index (χ3v) is 1.96. The van der Waals surface area contributed by atoms with Crippen LogP contribution in [0.15, 0.2) is 0 Å². The van der Waals surface area contributed by atoms with Crippen LogP contribution in [-0.2, 0) is 9.53 Å². The van der Waals surface area contributed by atoms with Gasteiger partial charge in [0.2, 0.25) is 0 Å². The lowest BCUT2D eigenvalue weighted by atomic mass is 9.90. The number of carbonyl (C=O) groups is 1. The van der Waals surface area contributed by atoms with E-state index in [1.807, 2.05) is 6.92 Å². The Morgan fingerprint density at radius 1 is 1.70 bits per heavy atom. The standard InChI is InChI=1S/C7H12O3/c1-5-4-10-3-2-6(5)7(8)9/h5-6H,2-4H2,1H3,(H,8,9)/t5-,6+/m1/s1. The Labute approximate surface area is 60.0 Å². The SMILES string of the molecule is C[C@@H]1COCC[C@@H]1C(=O)O. The van der Waals surface area contributed by atoms with Gasteiger partial charge in [0.1, 0.15) is 0 Å². The van der Waals surface area contributed by atoms with Crippen LogP contribution in [0.5, 0.6) is 0 Å². The van der Waals surface area contributed by atoms with E-state index in [9.17, 15) is 4.79 Å². The molecular weight excluding hydrogens is 132 g/mol. The molecule has 2 atom stereocenters. The first-order valence-corrected chi connectivity index (χ1v) is 3.52. The van der Waals surface area contributed by atoms with Crippen molar-refractivity contribution in [1.82, 2.24) is 0 Å². The minimum absolute atomic E-state index is 0.172. The van der Waals surface area contributed by atoms with Crippen LogP contribution in [0.3, 0.4) is 0 Å². The topological polar surface area (TPSA) is 46.5 Å². The van der Waals surface area contributed by atoms with Crippen molar-refractivity contribution in [2.45, 2.75) is 13.3 Å². The maximum atomic E-state index is 10.5. The molecule has 1 rings (SSSR count). The van der Waals surface area contributed by atoms with E-state index in [0.29, 0.717) is 19.6 Å². The molecule has 0 aliphatic carbocycles. The monoisotopic (exact) mass is 144 g/mol. The summed E-state index contributed by atoms with van der Waals surface area (Å²) in [6.07, 6.45) is 0.663. The van der Waals surface area contributed by atoms with Gasteiger partial charge in [-0.3, -0.25) is 4.79 Å². The van der Waals surface area contributed by atoms with Gasteiger partial charge in [-0.1, -0.05) is 6.92 Å². The van der Waals surface area contributed by atoms with Crippen LogP contribution in [0.2, 0.25) is 0 Å². The Balaban J connectivity index is 2.47. The van der Waals surface area contributed by atoms with Crippen molar-refractivity contribution in [3.63, 3.8) is 0 Å². The fraction of sp³-hybridized carbons (Fsp3) is 0.857. The van der Waals surface area contributed by atoms with Gasteiger partial charge >= 0.3 is 5.97 Å². The molecule has 1 saturated heterocycles. The Morgan fingerprint density at radius 3 is 2.80 bits per heavy atom. The summed E-state index contributed by atoms with van der Waals surface area (Å²) >= 11 is 0. The molecule has 0 spiro atoms. The maximum absolute atomic E-state index is 10.5. The van der Waals surface area contributed by atoms with Crippen molar-refractivity contribution < 1.29 is 14.6 Å². The molecule has 0 amide bonds. The lowest BCUT2D eigenvalue weighted by molar-refractivity contribution is -0.147. The van der Waals surface area contributed by atoms with Crippen LogP contribution in [-0.4, -0.2) is 24.3 Å². The zero-order valence-corrected chi connectivity index (χ0v) is 6.04. The fourth-order valence-electron chi connectivity index (χ4n) is 1.25. The summed E-state index contributed by atoms with van der Waals surface area (Å²) in [7, 11) is 0. The van der Waals surface area contributed by atoms with Crippen molar-refractivity contribution in [3.8, 4) is 0 Å². The number of ether oxygens (including phenoxy) is 1. The van der Waals surface area contributed by atoms with Crippen LogP contribution in [0.1, 0.15) is 13.3 Å². The highest BCUT2D eigenvalue weighted by molar-refractivity contribution is 5.70. The van der Waals surface area contributed by atoms with Crippen LogP contribution < -0.4 is 0 Å². The van der Waals surface area contributed by atoms with E-state index >= 15 is 0 Å². The number of carboxylic acid groups (broad SMARTS) is 1. The Bertz CT molecular complexity index is 133. The van der Waals surface area contributed by atoms with E-state index in [1.54, 1.807) is 0 Å². The molecule has 1 N–H and O–H groups in total. The summed E-state index contributed by atoms with van der Waals surface area (Å²) in [5.74, 6) is -0.698. The predicted molar refractivity (Wildman–Crippen MR) is 35.7 cm³/mol. The molecule has 1 aliphatic rings. The van der Waals surface area contributed by atoms with E-state index < -0.39 is 5.97 Å². The zero-order valence-electron chi connectivity index (χ0n) is 6.04. The van der Waals surface area contributed by atoms with Crippen molar-refractivity contribution in [2.24, 2.45) is 11.8 Å². The molecule has 0 saturated carbocycles. The third-order valence-electron chi connectivity index (χ3n) is 1.96. The lowest BCUT2D eigenvalue weighted by Gasteiger charge is -2.24. The van der Waals surface area contributed by atoms with Gasteiger partial charge in [-0.2, -0.15) is 0 Å². The first kappa shape index (κ1) is 7.54. The summed E-state index contributed by atoms with van der Waals surface area (Å²) in [6, 6.07) is 0. The van der Waals surface area contributed by atoms with Crippen molar-refractivity contribution in [1.29, 1.82) is 0 Å². The highest BCUT2D eigenvalue weighted by Crippen LogP contribution is 2.20. The predicted octanol–water partition coefficient (Wildman–Crippen LogP) is 0.744. The molecule has 3 heteroatoms. The van der Waals surface area contributed by atoms with Gasteiger partial charge in [-0.05, 0) is 12.3 Å². The molecule has 58 valence electrons. The second-order valence-electron chi connectivity index (χ2n) is 2.79. The molecule has 1 heterocycles. The highest BCUT2D eigenvalue weighted by atomic mass is 16.5. The molecule has 0 aromatic rings. The smallest absolute Gasteiger partial charge is 0.306 e. The largest absolute Gasteiger partial charge is 0.481 e. The Kier molecular flexibility index (Phi) is 2.27. The first-order valence-electron chi connectivity index (χ1n) is 3.52. The molecule has 0 aromatic carbocycles. The van der Waals surface area contributed by atoms with Gasteiger partial charge in [-0.15, -0.1) is 0 Å². The van der Waals surface area contributed by atoms with Crippen molar-refractivity contribution >= 4 is 5.97 Å². The second-order valence-corrected chi connectivity index (χ2v) is 2.79. The number of aliphatic carboxylic acids is 1. The summed E-state index contributed by atoms with van der Waals surface area (Å²) in [4.78, 5) is 10.5. The number of hydrogen-bond donors (Lipinski definition) is 1. The summed E-state index contributed by atoms with van der Waals surface area (Å²) < 4.78 is 5.10. The molecular formula is C7H12O3. The van der Waals surface area contributed by atoms with Gasteiger partial charge in [0.25, 0.3) is 0 Å². The van der Waals surface area contributed by atoms with Gasteiger partial charge in [0.05, 0.1) is 5.92 Å². The Hall–Kier alpha value is -0.570. The van der Waals surface area contributed by atoms with Crippen LogP contribution in [0, 0.1) is 11.8 Å². The van der Waals surface area contributed by atoms with Gasteiger partial charge in [0, 0.05) is 13.2 Å². The number of carboxylic acids is 1. The minimum atomic E-state index is -0.684. The van der Waals surface area contributed by atoms with Gasteiger partial charge in [0.15, 0.2) is 0 Å². The van der Waals surface area contributed by atoms with Crippen molar-refractivity contribution in [2.75, 3.05) is 13.2 Å². The van der Waals surface area contributed by atoms with E-state index in [2.05, 4.69) is 0 Å². The van der Waals surface area contributed by atoms with E-state index in [4.69, 9.17) is 9.84 Å². The van der Waals surface area contributed by atoms with Gasteiger partial charge < -0.3 is 9.84 Å². The second kappa shape index (κ2) is 3.01. The molecule has 0 unspecified atom stereocenters. The van der Waals surface area contributed by atoms with Crippen LogP contribution in [0.25, 0.3) is 0 Å². The maximum Gasteiger partial charge on any atom is 0.306 e. The molecule has 3 nitrogen and oxygen atoms in total. The van der Waals surface area contributed by atoms with E-state index in [-0.39, 0.29) is 11.8 Å². The van der Waals surface area contributed by atoms with Crippen molar-refractivity contribution in [3.05, 3.63) is 0 Å². The molecule has 1 aliphatic heterocycles. The minimum Gasteiger partial charge on any atom is -0.481 e. The third kappa shape index (κ3) is 1.48. The average Bonchev–Trinajstić information content (AvgIpc) is 1.88. The van der Waals surface area contributed by atoms with Crippen LogP contribution in [0.4, 0.5) is 0 Å². The lowest BCUT2D eigenvalue weighted by Crippen LogP contribution is -2.30. The number of rotatable bonds is 1. The summed E-state index contributed by atoms with van der Waals surface area (Å²) in [6.45, 7) is 3.11. The summed E-state index contributed by atoms with van der Waals surface area (Å²) in [5, 5.41) is 8.65. The molecule has 1 fully saturated rings. The van der Waals surface area contributed by atoms with Gasteiger partial charge in [-0.25, -0.2) is 0 Å². The first-order chi connectivity index (χ1) is 4.72. The quantitative estimate of drug-likeness (QED) is 0.590. The normalized spacial score (nSPS) is 33.7. The molecule has 0 bridgehead atoms. The average molecular weight is 144 g/mol. The fourth-order valence-corrected chi connectivity index (χ4v) is 1.25. The van der Waals surface area contributed by atoms with Crippen LogP contribution >= 0.6 is 0 Å². The van der Waals surface area contributed by atoms with E-state index in [0.717, 1.165) is 0 Å². The summed E-state index contributed by atoms with van der Waals surface area (Å²) in [5.41, 5.74) is 0. The number of hydrogen-bond acceptors (Lipinski definition) is 2. The Morgan fingerprint density at radius 2 is 2.40 bits per heavy atom. The molecule has 0 aromatic heterocycles.